The Balaban J connectivity index is 0.000000171. The van der Waals surface area contributed by atoms with Crippen molar-refractivity contribution < 1.29 is 31.9 Å². The van der Waals surface area contributed by atoms with E-state index in [1.165, 1.54) is 32.2 Å². The highest BCUT2D eigenvalue weighted by molar-refractivity contribution is 6.18. The van der Waals surface area contributed by atoms with E-state index in [0.717, 1.165) is 24.3 Å². The van der Waals surface area contributed by atoms with Crippen molar-refractivity contribution in [2.75, 3.05) is 18.6 Å². The van der Waals surface area contributed by atoms with Gasteiger partial charge in [0.2, 0.25) is 17.4 Å². The minimum Gasteiger partial charge on any atom is -0.480 e. The molecule has 0 bridgehead atoms. The number of carbonyl (C=O) groups is 2. The van der Waals surface area contributed by atoms with Gasteiger partial charge < -0.3 is 26.2 Å². The van der Waals surface area contributed by atoms with Crippen molar-refractivity contribution in [1.82, 2.24) is 29.9 Å². The summed E-state index contributed by atoms with van der Waals surface area (Å²) < 4.78 is 60.7. The lowest BCUT2D eigenvalue weighted by atomic mass is 10.0. The molecule has 0 radical (unpaired) electrons. The third-order valence-electron chi connectivity index (χ3n) is 6.47. The number of hydrogen-bond donors (Lipinski definition) is 4. The van der Waals surface area contributed by atoms with Crippen LogP contribution in [0.25, 0.3) is 22.1 Å². The van der Waals surface area contributed by atoms with Crippen molar-refractivity contribution in [3.63, 3.8) is 0 Å². The Hall–Kier alpha value is -5.86. The number of nitrogens with one attached hydrogen (secondary N) is 2. The van der Waals surface area contributed by atoms with E-state index in [0.29, 0.717) is 22.4 Å². The molecule has 11 nitrogen and oxygen atoms in total. The Morgan fingerprint density at radius 1 is 0.721 bits per heavy atom. The number of ether oxygens (including phenoxy) is 1. The van der Waals surface area contributed by atoms with Crippen LogP contribution in [0.2, 0.25) is 0 Å². The van der Waals surface area contributed by atoms with Gasteiger partial charge in [-0.3, -0.25) is 9.59 Å². The molecule has 2 aromatic carbocycles. The number of benzene rings is 2. The zero-order valence-corrected chi connectivity index (χ0v) is 22.3. The van der Waals surface area contributed by atoms with Crippen LogP contribution in [0.15, 0.2) is 49.3 Å². The molecule has 15 heteroatoms. The smallest absolute Gasteiger partial charge is 0.226 e. The molecule has 0 saturated carbocycles. The van der Waals surface area contributed by atoms with Gasteiger partial charge in [-0.1, -0.05) is 0 Å². The Bertz CT molecular complexity index is 2060. The normalized spacial score (nSPS) is 10.9. The van der Waals surface area contributed by atoms with Gasteiger partial charge in [-0.15, -0.1) is 0 Å². The zero-order chi connectivity index (χ0) is 31.0. The lowest BCUT2D eigenvalue weighted by Crippen LogP contribution is -2.09. The van der Waals surface area contributed by atoms with Gasteiger partial charge in [0.05, 0.1) is 57.2 Å². The number of hydrogen-bond acceptors (Lipinski definition) is 9. The largest absolute Gasteiger partial charge is 0.480 e. The Morgan fingerprint density at radius 3 is 1.70 bits per heavy atom. The van der Waals surface area contributed by atoms with Crippen molar-refractivity contribution in [3.05, 3.63) is 101 Å². The first kappa shape index (κ1) is 28.7. The van der Waals surface area contributed by atoms with Crippen molar-refractivity contribution in [2.45, 2.75) is 6.92 Å². The molecule has 6 N–H and O–H groups in total. The first-order chi connectivity index (χ1) is 20.5. The van der Waals surface area contributed by atoms with Crippen molar-refractivity contribution in [2.24, 2.45) is 0 Å². The maximum absolute atomic E-state index is 14.0. The van der Waals surface area contributed by atoms with Crippen LogP contribution in [-0.2, 0) is 0 Å². The fourth-order valence-electron chi connectivity index (χ4n) is 4.39. The number of nitrogens with zero attached hydrogens (tertiary/aromatic N) is 4. The Labute approximate surface area is 239 Å². The van der Waals surface area contributed by atoms with E-state index in [9.17, 15) is 27.2 Å². The summed E-state index contributed by atoms with van der Waals surface area (Å²) in [5.74, 6) is -5.68. The lowest BCUT2D eigenvalue weighted by Gasteiger charge is -2.06. The minimum atomic E-state index is -1.10. The SMILES string of the molecule is COc1ncnc2[nH]cc(C(=O)c3c(F)ccc(N)c3F)c12.Cc1ncnc2[nH]cc(C(=O)c3c(F)ccc(N)c3F)c12. The number of nitrogens with two attached hydrogens (primary N) is 2. The first-order valence-electron chi connectivity index (χ1n) is 12.3. The molecule has 0 aliphatic rings. The van der Waals surface area contributed by atoms with Gasteiger partial charge in [-0.05, 0) is 31.2 Å². The van der Waals surface area contributed by atoms with E-state index in [4.69, 9.17) is 16.2 Å². The molecule has 0 aliphatic carbocycles. The summed E-state index contributed by atoms with van der Waals surface area (Å²) in [5, 5.41) is 0.681. The van der Waals surface area contributed by atoms with Gasteiger partial charge in [0.15, 0.2) is 11.6 Å². The molecule has 0 atom stereocenters. The van der Waals surface area contributed by atoms with Crippen LogP contribution in [-0.4, -0.2) is 48.6 Å². The summed E-state index contributed by atoms with van der Waals surface area (Å²) in [5.41, 5.74) is 10.2. The molecule has 0 amide bonds. The van der Waals surface area contributed by atoms with Crippen LogP contribution >= 0.6 is 0 Å². The van der Waals surface area contributed by atoms with Crippen LogP contribution in [0.4, 0.5) is 28.9 Å². The average Bonchev–Trinajstić information content (AvgIpc) is 3.63. The number of methoxy groups -OCH3 is 1. The third kappa shape index (κ3) is 4.96. The number of aromatic nitrogens is 6. The number of carbonyl (C=O) groups excluding carboxylic acids is 2. The highest BCUT2D eigenvalue weighted by Gasteiger charge is 2.26. The number of halogens is 4. The monoisotopic (exact) mass is 592 g/mol. The third-order valence-corrected chi connectivity index (χ3v) is 6.47. The maximum Gasteiger partial charge on any atom is 0.226 e. The van der Waals surface area contributed by atoms with E-state index in [1.807, 2.05) is 0 Å². The molecule has 0 spiro atoms. The number of ketones is 2. The van der Waals surface area contributed by atoms with E-state index in [1.54, 1.807) is 6.92 Å². The van der Waals surface area contributed by atoms with Gasteiger partial charge in [-0.2, -0.15) is 0 Å². The fourth-order valence-corrected chi connectivity index (χ4v) is 4.39. The number of anilines is 2. The predicted octanol–water partition coefficient (Wildman–Crippen LogP) is 4.42. The second kappa shape index (κ2) is 11.2. The molecule has 4 aromatic heterocycles. The molecule has 6 aromatic rings. The van der Waals surface area contributed by atoms with Crippen LogP contribution in [0, 0.1) is 30.2 Å². The van der Waals surface area contributed by atoms with Crippen molar-refractivity contribution in [3.8, 4) is 5.88 Å². The number of nitrogen functional groups attached to an aromatic ring is 2. The molecule has 218 valence electrons. The van der Waals surface area contributed by atoms with E-state index < -0.39 is 46.0 Å². The first-order valence-corrected chi connectivity index (χ1v) is 12.3. The molecular formula is C28H20F4N8O3. The molecule has 0 aliphatic heterocycles. The second-order valence-corrected chi connectivity index (χ2v) is 9.00. The summed E-state index contributed by atoms with van der Waals surface area (Å²) in [6.07, 6.45) is 5.24. The van der Waals surface area contributed by atoms with Crippen LogP contribution in [0.1, 0.15) is 37.5 Å². The zero-order valence-electron chi connectivity index (χ0n) is 22.3. The Morgan fingerprint density at radius 2 is 1.19 bits per heavy atom. The van der Waals surface area contributed by atoms with Gasteiger partial charge >= 0.3 is 0 Å². The van der Waals surface area contributed by atoms with Gasteiger partial charge in [0, 0.05) is 12.4 Å². The summed E-state index contributed by atoms with van der Waals surface area (Å²) >= 11 is 0. The van der Waals surface area contributed by atoms with Crippen LogP contribution in [0.5, 0.6) is 5.88 Å². The van der Waals surface area contributed by atoms with E-state index in [2.05, 4.69) is 29.9 Å². The lowest BCUT2D eigenvalue weighted by molar-refractivity contribution is 0.102. The number of fused-ring (bicyclic) bond motifs is 2. The molecule has 0 unspecified atom stereocenters. The van der Waals surface area contributed by atoms with Crippen LogP contribution in [0.3, 0.4) is 0 Å². The number of rotatable bonds is 5. The predicted molar refractivity (Wildman–Crippen MR) is 147 cm³/mol. The van der Waals surface area contributed by atoms with Crippen molar-refractivity contribution in [1.29, 1.82) is 0 Å². The molecular weight excluding hydrogens is 572 g/mol. The van der Waals surface area contributed by atoms with Gasteiger partial charge in [-0.25, -0.2) is 37.5 Å². The molecule has 0 fully saturated rings. The van der Waals surface area contributed by atoms with Crippen molar-refractivity contribution >= 4 is 45.0 Å². The topological polar surface area (TPSA) is 179 Å². The average molecular weight is 593 g/mol. The summed E-state index contributed by atoms with van der Waals surface area (Å²) in [6.45, 7) is 1.68. The molecule has 0 saturated heterocycles. The summed E-state index contributed by atoms with van der Waals surface area (Å²) in [4.78, 5) is 46.3. The second-order valence-electron chi connectivity index (χ2n) is 9.00. The maximum atomic E-state index is 14.0. The van der Waals surface area contributed by atoms with Gasteiger partial charge in [0.25, 0.3) is 0 Å². The quantitative estimate of drug-likeness (QED) is 0.128. The standard InChI is InChI=1S/C14H10F2N4O2.C14H10F2N4O/c1-22-14-9-6(4-18-13(9)19-5-20-14)12(21)10-7(15)2-3-8(17)11(10)16;1-6-10-7(4-18-14(10)20-5-19-6)13(21)11-8(15)2-3-9(17)12(11)16/h2-5H,17H2,1H3,(H,18,19,20);2-5H,17H2,1H3,(H,18,19,20). The highest BCUT2D eigenvalue weighted by atomic mass is 19.1. The molecule has 6 rings (SSSR count). The molecule has 43 heavy (non-hydrogen) atoms. The number of aryl methyl sites for hydroxylation is 1. The Kier molecular flexibility index (Phi) is 7.46. The summed E-state index contributed by atoms with van der Waals surface area (Å²) in [6, 6.07) is 4.03. The van der Waals surface area contributed by atoms with E-state index in [-0.39, 0.29) is 33.8 Å². The number of aromatic amines is 2. The minimum absolute atomic E-state index is 0.00384. The van der Waals surface area contributed by atoms with Gasteiger partial charge in [0.1, 0.15) is 35.6 Å². The number of H-pyrrole nitrogens is 2. The molecule has 4 heterocycles. The van der Waals surface area contributed by atoms with Crippen LogP contribution < -0.4 is 16.2 Å². The summed E-state index contributed by atoms with van der Waals surface area (Å²) in [7, 11) is 1.37. The fraction of sp³-hybridized carbons (Fsp3) is 0.0714. The highest BCUT2D eigenvalue weighted by Crippen LogP contribution is 2.30. The van der Waals surface area contributed by atoms with E-state index >= 15 is 0 Å².